The average molecular weight is 359 g/mol. The molecule has 0 saturated heterocycles. The lowest BCUT2D eigenvalue weighted by Gasteiger charge is -2.21. The number of amides is 2. The maximum atomic E-state index is 13.0. The number of hydrogen-bond acceptors (Lipinski definition) is 3. The number of nitrogens with zero attached hydrogens (tertiary/aromatic N) is 2. The zero-order valence-corrected chi connectivity index (χ0v) is 15.3. The van der Waals surface area contributed by atoms with Crippen LogP contribution in [0.3, 0.4) is 0 Å². The Morgan fingerprint density at radius 3 is 2.41 bits per heavy atom. The van der Waals surface area contributed by atoms with E-state index >= 15 is 0 Å². The Hall–Kier alpha value is -3.47. The highest BCUT2D eigenvalue weighted by atomic mass is 16.2. The lowest BCUT2D eigenvalue weighted by Crippen LogP contribution is -2.31. The minimum atomic E-state index is -0.304. The SMILES string of the molecule is CCN(C(=O)c1cncc(C(=O)Nc2ccccc2)c1)c1cccc(C)c1. The molecular formula is C22H21N3O2. The number of hydrogen-bond donors (Lipinski definition) is 1. The standard InChI is InChI=1S/C22H21N3O2/c1-3-25(20-11-7-8-16(2)12-20)22(27)18-13-17(14-23-15-18)21(26)24-19-9-5-4-6-10-19/h4-15H,3H2,1-2H3,(H,24,26). The van der Waals surface area contributed by atoms with Crippen LogP contribution in [-0.2, 0) is 0 Å². The molecule has 136 valence electrons. The zero-order valence-electron chi connectivity index (χ0n) is 15.3. The molecule has 3 aromatic rings. The zero-order chi connectivity index (χ0) is 19.2. The first-order valence-electron chi connectivity index (χ1n) is 8.78. The number of anilines is 2. The van der Waals surface area contributed by atoms with Crippen molar-refractivity contribution < 1.29 is 9.59 Å². The first-order valence-corrected chi connectivity index (χ1v) is 8.78. The highest BCUT2D eigenvalue weighted by Gasteiger charge is 2.18. The Bertz CT molecular complexity index is 955. The molecule has 0 spiro atoms. The van der Waals surface area contributed by atoms with Gasteiger partial charge in [0, 0.05) is 30.3 Å². The van der Waals surface area contributed by atoms with Crippen molar-refractivity contribution in [2.75, 3.05) is 16.8 Å². The van der Waals surface area contributed by atoms with Gasteiger partial charge >= 0.3 is 0 Å². The van der Waals surface area contributed by atoms with E-state index in [9.17, 15) is 9.59 Å². The van der Waals surface area contributed by atoms with Gasteiger partial charge in [-0.3, -0.25) is 14.6 Å². The maximum absolute atomic E-state index is 13.0. The summed E-state index contributed by atoms with van der Waals surface area (Å²) in [5, 5.41) is 2.80. The monoisotopic (exact) mass is 359 g/mol. The van der Waals surface area contributed by atoms with Crippen molar-refractivity contribution in [1.29, 1.82) is 0 Å². The van der Waals surface area contributed by atoms with Gasteiger partial charge in [-0.05, 0) is 49.7 Å². The van der Waals surface area contributed by atoms with Crippen LogP contribution >= 0.6 is 0 Å². The number of aryl methyl sites for hydroxylation is 1. The van der Waals surface area contributed by atoms with Gasteiger partial charge in [0.25, 0.3) is 11.8 Å². The minimum absolute atomic E-state index is 0.190. The summed E-state index contributed by atoms with van der Waals surface area (Å²) in [7, 11) is 0. The third kappa shape index (κ3) is 4.39. The molecule has 1 N–H and O–H groups in total. The summed E-state index contributed by atoms with van der Waals surface area (Å²) in [5.41, 5.74) is 3.30. The number of nitrogens with one attached hydrogen (secondary N) is 1. The highest BCUT2D eigenvalue weighted by Crippen LogP contribution is 2.19. The molecule has 0 aliphatic heterocycles. The van der Waals surface area contributed by atoms with Crippen molar-refractivity contribution in [3.8, 4) is 0 Å². The van der Waals surface area contributed by atoms with E-state index in [0.717, 1.165) is 11.3 Å². The lowest BCUT2D eigenvalue weighted by atomic mass is 10.1. The summed E-state index contributed by atoms with van der Waals surface area (Å²) in [6.45, 7) is 4.42. The largest absolute Gasteiger partial charge is 0.322 e. The summed E-state index contributed by atoms with van der Waals surface area (Å²) in [4.78, 5) is 31.2. The van der Waals surface area contributed by atoms with E-state index in [1.54, 1.807) is 23.1 Å². The lowest BCUT2D eigenvalue weighted by molar-refractivity contribution is 0.0988. The van der Waals surface area contributed by atoms with Crippen LogP contribution in [0.2, 0.25) is 0 Å². The molecule has 5 nitrogen and oxygen atoms in total. The predicted molar refractivity (Wildman–Crippen MR) is 107 cm³/mol. The summed E-state index contributed by atoms with van der Waals surface area (Å²) >= 11 is 0. The van der Waals surface area contributed by atoms with E-state index in [1.807, 2.05) is 56.3 Å². The molecule has 0 atom stereocenters. The second-order valence-electron chi connectivity index (χ2n) is 6.17. The van der Waals surface area contributed by atoms with Crippen molar-refractivity contribution in [1.82, 2.24) is 4.98 Å². The molecule has 2 amide bonds. The number of para-hydroxylation sites is 1. The van der Waals surface area contributed by atoms with Gasteiger partial charge in [0.1, 0.15) is 0 Å². The summed E-state index contributed by atoms with van der Waals surface area (Å²) in [5.74, 6) is -0.494. The molecule has 0 unspecified atom stereocenters. The van der Waals surface area contributed by atoms with Crippen LogP contribution < -0.4 is 10.2 Å². The molecule has 0 fully saturated rings. The van der Waals surface area contributed by atoms with E-state index in [2.05, 4.69) is 10.3 Å². The van der Waals surface area contributed by atoms with Crippen LogP contribution in [-0.4, -0.2) is 23.3 Å². The van der Waals surface area contributed by atoms with Crippen LogP contribution in [0.15, 0.2) is 73.1 Å². The van der Waals surface area contributed by atoms with Crippen LogP contribution in [0.1, 0.15) is 33.2 Å². The van der Waals surface area contributed by atoms with Gasteiger partial charge in [-0.1, -0.05) is 30.3 Å². The Kier molecular flexibility index (Phi) is 5.61. The van der Waals surface area contributed by atoms with Gasteiger partial charge < -0.3 is 10.2 Å². The normalized spacial score (nSPS) is 10.3. The van der Waals surface area contributed by atoms with Gasteiger partial charge in [0.05, 0.1) is 11.1 Å². The topological polar surface area (TPSA) is 62.3 Å². The van der Waals surface area contributed by atoms with E-state index in [-0.39, 0.29) is 11.8 Å². The third-order valence-corrected chi connectivity index (χ3v) is 4.15. The van der Waals surface area contributed by atoms with Gasteiger partial charge in [-0.15, -0.1) is 0 Å². The van der Waals surface area contributed by atoms with Gasteiger partial charge in [0.15, 0.2) is 0 Å². The Morgan fingerprint density at radius 2 is 1.70 bits per heavy atom. The van der Waals surface area contributed by atoms with Crippen molar-refractivity contribution in [3.63, 3.8) is 0 Å². The molecular weight excluding hydrogens is 338 g/mol. The second kappa shape index (κ2) is 8.27. The molecule has 0 saturated carbocycles. The van der Waals surface area contributed by atoms with E-state index < -0.39 is 0 Å². The second-order valence-corrected chi connectivity index (χ2v) is 6.17. The van der Waals surface area contributed by atoms with Gasteiger partial charge in [0.2, 0.25) is 0 Å². The van der Waals surface area contributed by atoms with Gasteiger partial charge in [-0.25, -0.2) is 0 Å². The first kappa shape index (κ1) is 18.3. The van der Waals surface area contributed by atoms with Gasteiger partial charge in [-0.2, -0.15) is 0 Å². The fourth-order valence-electron chi connectivity index (χ4n) is 2.80. The first-order chi connectivity index (χ1) is 13.1. The van der Waals surface area contributed by atoms with Crippen LogP contribution in [0, 0.1) is 6.92 Å². The third-order valence-electron chi connectivity index (χ3n) is 4.15. The Balaban J connectivity index is 1.83. The number of carbonyl (C=O) groups excluding carboxylic acids is 2. The van der Waals surface area contributed by atoms with Crippen molar-refractivity contribution in [3.05, 3.63) is 89.7 Å². The molecule has 3 rings (SSSR count). The minimum Gasteiger partial charge on any atom is -0.322 e. The molecule has 0 aliphatic rings. The molecule has 0 radical (unpaired) electrons. The fourth-order valence-corrected chi connectivity index (χ4v) is 2.80. The van der Waals surface area contributed by atoms with Crippen molar-refractivity contribution in [2.24, 2.45) is 0 Å². The van der Waals surface area contributed by atoms with E-state index in [0.29, 0.717) is 23.4 Å². The molecule has 2 aromatic carbocycles. The maximum Gasteiger partial charge on any atom is 0.259 e. The van der Waals surface area contributed by atoms with Crippen LogP contribution in [0.5, 0.6) is 0 Å². The summed E-state index contributed by atoms with van der Waals surface area (Å²) in [6, 6.07) is 18.5. The molecule has 1 aromatic heterocycles. The molecule has 0 bridgehead atoms. The Labute approximate surface area is 158 Å². The molecule has 1 heterocycles. The molecule has 27 heavy (non-hydrogen) atoms. The molecule has 5 heteroatoms. The van der Waals surface area contributed by atoms with Crippen LogP contribution in [0.4, 0.5) is 11.4 Å². The number of benzene rings is 2. The quantitative estimate of drug-likeness (QED) is 0.738. The predicted octanol–water partition coefficient (Wildman–Crippen LogP) is 4.31. The number of carbonyl (C=O) groups is 2. The summed E-state index contributed by atoms with van der Waals surface area (Å²) in [6.07, 6.45) is 2.94. The Morgan fingerprint density at radius 1 is 0.963 bits per heavy atom. The van der Waals surface area contributed by atoms with Crippen molar-refractivity contribution >= 4 is 23.2 Å². The number of pyridine rings is 1. The smallest absolute Gasteiger partial charge is 0.259 e. The molecule has 0 aliphatic carbocycles. The van der Waals surface area contributed by atoms with Crippen LogP contribution in [0.25, 0.3) is 0 Å². The highest BCUT2D eigenvalue weighted by molar-refractivity contribution is 6.09. The van der Waals surface area contributed by atoms with Crippen molar-refractivity contribution in [2.45, 2.75) is 13.8 Å². The fraction of sp³-hybridized carbons (Fsp3) is 0.136. The summed E-state index contributed by atoms with van der Waals surface area (Å²) < 4.78 is 0. The average Bonchev–Trinajstić information content (AvgIpc) is 2.69. The van der Waals surface area contributed by atoms with E-state index in [4.69, 9.17) is 0 Å². The number of rotatable bonds is 5. The van der Waals surface area contributed by atoms with E-state index in [1.165, 1.54) is 12.4 Å². The number of aromatic nitrogens is 1.